The van der Waals surface area contributed by atoms with E-state index in [2.05, 4.69) is 0 Å². The van der Waals surface area contributed by atoms with Gasteiger partial charge < -0.3 is 10.5 Å². The van der Waals surface area contributed by atoms with Crippen LogP contribution >= 0.6 is 0 Å². The van der Waals surface area contributed by atoms with Crippen LogP contribution in [0.3, 0.4) is 0 Å². The molecule has 0 aromatic rings. The van der Waals surface area contributed by atoms with E-state index >= 15 is 0 Å². The fourth-order valence-corrected chi connectivity index (χ4v) is 1.56. The monoisotopic (exact) mass is 157 g/mol. The van der Waals surface area contributed by atoms with Crippen molar-refractivity contribution in [1.82, 2.24) is 0 Å². The molecule has 1 saturated heterocycles. The van der Waals surface area contributed by atoms with Gasteiger partial charge in [-0.15, -0.1) is 0 Å². The number of carbonyl (C=O) groups is 1. The molecule has 0 bridgehead atoms. The smallest absolute Gasteiger partial charge is 0.223 e. The summed E-state index contributed by atoms with van der Waals surface area (Å²) in [5.74, 6) is -0.356. The number of carbonyl (C=O) groups excluding carboxylic acids is 1. The highest BCUT2D eigenvalue weighted by molar-refractivity contribution is 5.77. The molecule has 0 saturated carbocycles. The van der Waals surface area contributed by atoms with E-state index in [1.54, 1.807) is 0 Å². The van der Waals surface area contributed by atoms with E-state index in [1.165, 1.54) is 0 Å². The zero-order chi connectivity index (χ0) is 8.48. The summed E-state index contributed by atoms with van der Waals surface area (Å²) in [6.07, 6.45) is 1.80. The third kappa shape index (κ3) is 1.71. The van der Waals surface area contributed by atoms with Gasteiger partial charge in [-0.1, -0.05) is 0 Å². The first-order valence-corrected chi connectivity index (χ1v) is 3.97. The van der Waals surface area contributed by atoms with Gasteiger partial charge in [0.1, 0.15) is 0 Å². The molecule has 1 aliphatic heterocycles. The van der Waals surface area contributed by atoms with Crippen LogP contribution in [0.4, 0.5) is 0 Å². The van der Waals surface area contributed by atoms with Crippen molar-refractivity contribution in [2.24, 2.45) is 11.7 Å². The molecule has 0 aliphatic carbocycles. The topological polar surface area (TPSA) is 52.3 Å². The van der Waals surface area contributed by atoms with Crippen LogP contribution in [0, 0.1) is 5.92 Å². The van der Waals surface area contributed by atoms with Gasteiger partial charge in [-0.05, 0) is 26.7 Å². The van der Waals surface area contributed by atoms with Crippen LogP contribution in [0.2, 0.25) is 0 Å². The van der Waals surface area contributed by atoms with Gasteiger partial charge in [-0.3, -0.25) is 4.79 Å². The van der Waals surface area contributed by atoms with E-state index in [0.29, 0.717) is 0 Å². The zero-order valence-corrected chi connectivity index (χ0v) is 7.09. The molecule has 3 nitrogen and oxygen atoms in total. The molecule has 1 rings (SSSR count). The second-order valence-corrected chi connectivity index (χ2v) is 3.55. The Bertz CT molecular complexity index is 165. The highest BCUT2D eigenvalue weighted by atomic mass is 16.5. The Labute approximate surface area is 66.9 Å². The summed E-state index contributed by atoms with van der Waals surface area (Å²) in [6.45, 7) is 4.58. The maximum atomic E-state index is 10.9. The lowest BCUT2D eigenvalue weighted by Crippen LogP contribution is -2.45. The predicted octanol–water partition coefficient (Wildman–Crippen LogP) is 0.677. The van der Waals surface area contributed by atoms with Crippen LogP contribution in [0.15, 0.2) is 0 Å². The van der Waals surface area contributed by atoms with Crippen molar-refractivity contribution in [2.45, 2.75) is 32.3 Å². The van der Waals surface area contributed by atoms with Crippen molar-refractivity contribution < 1.29 is 9.53 Å². The first-order chi connectivity index (χ1) is 5.04. The van der Waals surface area contributed by atoms with Crippen molar-refractivity contribution in [3.05, 3.63) is 0 Å². The predicted molar refractivity (Wildman–Crippen MR) is 41.9 cm³/mol. The van der Waals surface area contributed by atoms with Gasteiger partial charge in [0.05, 0.1) is 11.5 Å². The minimum atomic E-state index is -0.357. The second-order valence-electron chi connectivity index (χ2n) is 3.55. The van der Waals surface area contributed by atoms with Crippen LogP contribution in [-0.4, -0.2) is 18.1 Å². The first-order valence-electron chi connectivity index (χ1n) is 3.97. The molecule has 1 fully saturated rings. The zero-order valence-electron chi connectivity index (χ0n) is 7.09. The Morgan fingerprint density at radius 3 is 2.64 bits per heavy atom. The third-order valence-corrected chi connectivity index (χ3v) is 2.29. The van der Waals surface area contributed by atoms with Gasteiger partial charge in [0.25, 0.3) is 0 Å². The lowest BCUT2D eigenvalue weighted by molar-refractivity contribution is -0.142. The summed E-state index contributed by atoms with van der Waals surface area (Å²) < 4.78 is 5.44. The molecule has 1 atom stereocenters. The lowest BCUT2D eigenvalue weighted by atomic mass is 9.84. The Morgan fingerprint density at radius 2 is 2.27 bits per heavy atom. The van der Waals surface area contributed by atoms with Crippen LogP contribution in [0.5, 0.6) is 0 Å². The number of rotatable bonds is 1. The number of primary amides is 1. The highest BCUT2D eigenvalue weighted by Crippen LogP contribution is 2.29. The van der Waals surface area contributed by atoms with Gasteiger partial charge in [0, 0.05) is 6.61 Å². The number of hydrogen-bond acceptors (Lipinski definition) is 2. The van der Waals surface area contributed by atoms with Crippen LogP contribution in [0.1, 0.15) is 26.7 Å². The van der Waals surface area contributed by atoms with Crippen molar-refractivity contribution in [1.29, 1.82) is 0 Å². The van der Waals surface area contributed by atoms with Crippen LogP contribution in [-0.2, 0) is 9.53 Å². The molecule has 1 amide bonds. The molecule has 64 valence electrons. The average molecular weight is 157 g/mol. The fraction of sp³-hybridized carbons (Fsp3) is 0.875. The quantitative estimate of drug-likeness (QED) is 0.608. The molecule has 1 heterocycles. The third-order valence-electron chi connectivity index (χ3n) is 2.29. The average Bonchev–Trinajstić information content (AvgIpc) is 1.85. The van der Waals surface area contributed by atoms with Gasteiger partial charge in [-0.25, -0.2) is 0 Å². The summed E-state index contributed by atoms with van der Waals surface area (Å²) in [4.78, 5) is 10.9. The minimum Gasteiger partial charge on any atom is -0.375 e. The Balaban J connectivity index is 2.67. The van der Waals surface area contributed by atoms with Crippen molar-refractivity contribution in [3.8, 4) is 0 Å². The molecular weight excluding hydrogens is 142 g/mol. The van der Waals surface area contributed by atoms with Crippen molar-refractivity contribution >= 4 is 5.91 Å². The molecular formula is C8H15NO2. The number of hydrogen-bond donors (Lipinski definition) is 1. The molecule has 0 aromatic carbocycles. The normalized spacial score (nSPS) is 29.8. The van der Waals surface area contributed by atoms with Gasteiger partial charge in [0.15, 0.2) is 0 Å². The largest absolute Gasteiger partial charge is 0.375 e. The van der Waals surface area contributed by atoms with Gasteiger partial charge in [-0.2, -0.15) is 0 Å². The van der Waals surface area contributed by atoms with E-state index in [0.717, 1.165) is 19.4 Å². The molecule has 3 heteroatoms. The molecule has 1 unspecified atom stereocenters. The summed E-state index contributed by atoms with van der Waals surface area (Å²) in [5, 5.41) is 0. The molecule has 2 N–H and O–H groups in total. The lowest BCUT2D eigenvalue weighted by Gasteiger charge is -2.36. The minimum absolute atomic E-state index is 0.115. The molecule has 1 aliphatic rings. The summed E-state index contributed by atoms with van der Waals surface area (Å²) in [7, 11) is 0. The van der Waals surface area contributed by atoms with Gasteiger partial charge in [0.2, 0.25) is 5.91 Å². The SMILES string of the molecule is CC1(C)OCCCC1C(N)=O. The number of ether oxygens (including phenoxy) is 1. The molecule has 0 radical (unpaired) electrons. The van der Waals surface area contributed by atoms with Crippen molar-refractivity contribution in [2.75, 3.05) is 6.61 Å². The molecule has 0 spiro atoms. The van der Waals surface area contributed by atoms with Gasteiger partial charge >= 0.3 is 0 Å². The summed E-state index contributed by atoms with van der Waals surface area (Å²) in [5.41, 5.74) is 4.87. The Hall–Kier alpha value is -0.570. The van der Waals surface area contributed by atoms with E-state index < -0.39 is 0 Å². The van der Waals surface area contributed by atoms with E-state index in [-0.39, 0.29) is 17.4 Å². The van der Waals surface area contributed by atoms with E-state index in [4.69, 9.17) is 10.5 Å². The van der Waals surface area contributed by atoms with E-state index in [1.807, 2.05) is 13.8 Å². The van der Waals surface area contributed by atoms with Crippen LogP contribution in [0.25, 0.3) is 0 Å². The first kappa shape index (κ1) is 8.53. The van der Waals surface area contributed by atoms with Crippen LogP contribution < -0.4 is 5.73 Å². The molecule has 11 heavy (non-hydrogen) atoms. The Kier molecular flexibility index (Phi) is 2.18. The molecule has 0 aromatic heterocycles. The number of amides is 1. The second kappa shape index (κ2) is 2.81. The highest BCUT2D eigenvalue weighted by Gasteiger charge is 2.36. The standard InChI is InChI=1S/C8H15NO2/c1-8(2)6(7(9)10)4-3-5-11-8/h6H,3-5H2,1-2H3,(H2,9,10). The number of nitrogens with two attached hydrogens (primary N) is 1. The fourth-order valence-electron chi connectivity index (χ4n) is 1.56. The summed E-state index contributed by atoms with van der Waals surface area (Å²) in [6, 6.07) is 0. The Morgan fingerprint density at radius 1 is 1.64 bits per heavy atom. The maximum absolute atomic E-state index is 10.9. The van der Waals surface area contributed by atoms with Crippen molar-refractivity contribution in [3.63, 3.8) is 0 Å². The van der Waals surface area contributed by atoms with E-state index in [9.17, 15) is 4.79 Å². The summed E-state index contributed by atoms with van der Waals surface area (Å²) >= 11 is 0. The maximum Gasteiger partial charge on any atom is 0.223 e.